The molecule has 1 amide bonds. The highest BCUT2D eigenvalue weighted by Crippen LogP contribution is 2.34. The number of sulfone groups is 1. The number of aromatic nitrogens is 1. The largest absolute Gasteiger partial charge is 0.338 e. The lowest BCUT2D eigenvalue weighted by Crippen LogP contribution is -2.33. The number of benzene rings is 1. The molecule has 1 aromatic heterocycles. The van der Waals surface area contributed by atoms with Gasteiger partial charge in [-0.2, -0.15) is 0 Å². The van der Waals surface area contributed by atoms with Crippen molar-refractivity contribution in [2.24, 2.45) is 0 Å². The van der Waals surface area contributed by atoms with E-state index >= 15 is 0 Å². The second-order valence-corrected chi connectivity index (χ2v) is 8.41. The van der Waals surface area contributed by atoms with Crippen LogP contribution in [0, 0.1) is 0 Å². The maximum atomic E-state index is 12.7. The molecule has 0 spiro atoms. The first-order valence-electron chi connectivity index (χ1n) is 7.64. The average Bonchev–Trinajstić information content (AvgIpc) is 2.74. The van der Waals surface area contributed by atoms with Crippen LogP contribution in [0.4, 0.5) is 0 Å². The molecule has 5 nitrogen and oxygen atoms in total. The molecule has 0 N–H and O–H groups in total. The Morgan fingerprint density at radius 3 is 2.67 bits per heavy atom. The van der Waals surface area contributed by atoms with E-state index in [0.29, 0.717) is 29.1 Å². The molecule has 7 heteroatoms. The normalized spacial score (nSPS) is 20.4. The quantitative estimate of drug-likeness (QED) is 0.821. The van der Waals surface area contributed by atoms with Crippen LogP contribution >= 0.6 is 11.6 Å². The minimum Gasteiger partial charge on any atom is -0.338 e. The summed E-state index contributed by atoms with van der Waals surface area (Å²) in [7, 11) is -3.38. The predicted octanol–water partition coefficient (Wildman–Crippen LogP) is 2.74. The highest BCUT2D eigenvalue weighted by molar-refractivity contribution is 7.91. The Kier molecular flexibility index (Phi) is 4.87. The molecule has 2 heterocycles. The van der Waals surface area contributed by atoms with Crippen LogP contribution in [0.1, 0.15) is 27.6 Å². The average molecular weight is 365 g/mol. The molecule has 0 aliphatic carbocycles. The van der Waals surface area contributed by atoms with Crippen LogP contribution in [0.5, 0.6) is 0 Å². The molecule has 24 heavy (non-hydrogen) atoms. The molecule has 1 aliphatic heterocycles. The van der Waals surface area contributed by atoms with E-state index in [9.17, 15) is 13.2 Å². The fourth-order valence-electron chi connectivity index (χ4n) is 2.90. The van der Waals surface area contributed by atoms with Crippen LogP contribution < -0.4 is 0 Å². The molecule has 1 aliphatic rings. The van der Waals surface area contributed by atoms with Gasteiger partial charge in [0.05, 0.1) is 16.6 Å². The first-order chi connectivity index (χ1) is 11.5. The van der Waals surface area contributed by atoms with Crippen molar-refractivity contribution in [3.63, 3.8) is 0 Å². The Bertz CT molecular complexity index is 840. The van der Waals surface area contributed by atoms with Crippen molar-refractivity contribution in [2.75, 3.05) is 18.8 Å². The van der Waals surface area contributed by atoms with Gasteiger partial charge in [0.1, 0.15) is 0 Å². The lowest BCUT2D eigenvalue weighted by atomic mass is 10.1. The molecule has 1 atom stereocenters. The van der Waals surface area contributed by atoms with Gasteiger partial charge >= 0.3 is 0 Å². The highest BCUT2D eigenvalue weighted by atomic mass is 35.5. The van der Waals surface area contributed by atoms with Crippen molar-refractivity contribution >= 4 is 27.3 Å². The Morgan fingerprint density at radius 2 is 1.96 bits per heavy atom. The van der Waals surface area contributed by atoms with Crippen molar-refractivity contribution < 1.29 is 13.2 Å². The summed E-state index contributed by atoms with van der Waals surface area (Å²) in [6.07, 6.45) is 3.42. The number of nitrogens with zero attached hydrogens (tertiary/aromatic N) is 2. The van der Waals surface area contributed by atoms with E-state index in [4.69, 9.17) is 11.6 Å². The molecule has 1 saturated heterocycles. The number of rotatable bonds is 2. The zero-order valence-corrected chi connectivity index (χ0v) is 14.5. The summed E-state index contributed by atoms with van der Waals surface area (Å²) < 4.78 is 25.3. The predicted molar refractivity (Wildman–Crippen MR) is 92.7 cm³/mol. The van der Waals surface area contributed by atoms with Gasteiger partial charge in [-0.05, 0) is 30.2 Å². The number of hydrogen-bond donors (Lipinski definition) is 0. The van der Waals surface area contributed by atoms with E-state index in [1.165, 1.54) is 6.20 Å². The molecule has 3 rings (SSSR count). The third kappa shape index (κ3) is 3.44. The number of pyridine rings is 1. The molecule has 2 aromatic rings. The number of carbonyl (C=O) groups excluding carboxylic acids is 1. The Hall–Kier alpha value is -1.92. The van der Waals surface area contributed by atoms with Gasteiger partial charge in [0, 0.05) is 30.5 Å². The van der Waals surface area contributed by atoms with Crippen molar-refractivity contribution in [2.45, 2.75) is 11.7 Å². The van der Waals surface area contributed by atoms with E-state index in [2.05, 4.69) is 4.98 Å². The number of carbonyl (C=O) groups is 1. The van der Waals surface area contributed by atoms with Crippen molar-refractivity contribution in [1.29, 1.82) is 0 Å². The maximum Gasteiger partial charge on any atom is 0.255 e. The lowest BCUT2D eigenvalue weighted by Gasteiger charge is -2.20. The summed E-state index contributed by atoms with van der Waals surface area (Å²) in [5.74, 6) is -0.271. The minimum atomic E-state index is -3.38. The van der Waals surface area contributed by atoms with Gasteiger partial charge in [-0.3, -0.25) is 9.78 Å². The van der Waals surface area contributed by atoms with Crippen LogP contribution in [-0.4, -0.2) is 43.1 Å². The second-order valence-electron chi connectivity index (χ2n) is 5.70. The van der Waals surface area contributed by atoms with E-state index in [0.717, 1.165) is 0 Å². The molecule has 1 fully saturated rings. The molecular formula is C17H17ClN2O3S. The van der Waals surface area contributed by atoms with Gasteiger partial charge in [-0.25, -0.2) is 8.42 Å². The van der Waals surface area contributed by atoms with Gasteiger partial charge in [-0.1, -0.05) is 29.8 Å². The Labute approximate surface area is 146 Å². The molecule has 0 bridgehead atoms. The maximum absolute atomic E-state index is 12.7. The number of halogens is 1. The number of hydrogen-bond acceptors (Lipinski definition) is 4. The van der Waals surface area contributed by atoms with E-state index in [-0.39, 0.29) is 18.2 Å². The summed E-state index contributed by atoms with van der Waals surface area (Å²) in [6.45, 7) is 0.542. The van der Waals surface area contributed by atoms with Gasteiger partial charge in [0.25, 0.3) is 5.91 Å². The molecule has 0 radical (unpaired) electrons. The van der Waals surface area contributed by atoms with Crippen molar-refractivity contribution in [3.8, 4) is 0 Å². The first-order valence-corrected chi connectivity index (χ1v) is 9.73. The molecule has 1 unspecified atom stereocenters. The highest BCUT2D eigenvalue weighted by Gasteiger charge is 2.33. The standard InChI is InChI=1S/C17H17ClN2O3S/c18-15-6-2-1-5-14(15)16-7-9-20(10-11-24(16,22)23)17(21)13-4-3-8-19-12-13/h1-6,8,12,16H,7,9-11H2. The summed E-state index contributed by atoms with van der Waals surface area (Å²) in [5, 5.41) is -0.240. The fraction of sp³-hybridized carbons (Fsp3) is 0.294. The van der Waals surface area contributed by atoms with Gasteiger partial charge in [-0.15, -0.1) is 0 Å². The Morgan fingerprint density at radius 1 is 1.17 bits per heavy atom. The van der Waals surface area contributed by atoms with Crippen LogP contribution in [0.15, 0.2) is 48.8 Å². The fourth-order valence-corrected chi connectivity index (χ4v) is 5.05. The Balaban J connectivity index is 1.85. The van der Waals surface area contributed by atoms with Gasteiger partial charge in [0.15, 0.2) is 9.84 Å². The molecule has 0 saturated carbocycles. The van der Waals surface area contributed by atoms with Crippen LogP contribution in [0.3, 0.4) is 0 Å². The van der Waals surface area contributed by atoms with Gasteiger partial charge < -0.3 is 4.90 Å². The van der Waals surface area contributed by atoms with Crippen LogP contribution in [0.25, 0.3) is 0 Å². The first kappa shape index (κ1) is 16.9. The van der Waals surface area contributed by atoms with Crippen LogP contribution in [0.2, 0.25) is 5.02 Å². The third-order valence-corrected chi connectivity index (χ3v) is 6.64. The van der Waals surface area contributed by atoms with Crippen molar-refractivity contribution in [1.82, 2.24) is 9.88 Å². The van der Waals surface area contributed by atoms with E-state index < -0.39 is 15.1 Å². The minimum absolute atomic E-state index is 0.0745. The second kappa shape index (κ2) is 6.91. The molecular weight excluding hydrogens is 348 g/mol. The summed E-state index contributed by atoms with van der Waals surface area (Å²) in [6, 6.07) is 10.3. The topological polar surface area (TPSA) is 67.3 Å². The SMILES string of the molecule is O=C(c1cccnc1)N1CCC(c2ccccc2Cl)S(=O)(=O)CC1. The van der Waals surface area contributed by atoms with Crippen molar-refractivity contribution in [3.05, 3.63) is 64.9 Å². The number of amides is 1. The molecule has 126 valence electrons. The zero-order valence-electron chi connectivity index (χ0n) is 12.9. The van der Waals surface area contributed by atoms with Crippen LogP contribution in [-0.2, 0) is 9.84 Å². The molecule has 1 aromatic carbocycles. The van der Waals surface area contributed by atoms with E-state index in [1.807, 2.05) is 0 Å². The summed E-state index contributed by atoms with van der Waals surface area (Å²) in [4.78, 5) is 18.1. The van der Waals surface area contributed by atoms with E-state index in [1.54, 1.807) is 47.5 Å². The van der Waals surface area contributed by atoms with Gasteiger partial charge in [0.2, 0.25) is 0 Å². The monoisotopic (exact) mass is 364 g/mol. The lowest BCUT2D eigenvalue weighted by molar-refractivity contribution is 0.0766. The smallest absolute Gasteiger partial charge is 0.255 e. The zero-order chi connectivity index (χ0) is 17.2. The summed E-state index contributed by atoms with van der Waals surface area (Å²) >= 11 is 6.18. The third-order valence-electron chi connectivity index (χ3n) is 4.19. The summed E-state index contributed by atoms with van der Waals surface area (Å²) in [5.41, 5.74) is 1.07.